The Morgan fingerprint density at radius 3 is 2.00 bits per heavy atom. The maximum Gasteiger partial charge on any atom is 0.338 e. The molecule has 21 heavy (non-hydrogen) atoms. The standard InChI is InChI=1S/C16H16N2O2S/c1-3-20-16(19)12-4-6-13(7-5-12)17-18-14-8-10-15(21-2)11-9-14/h4-11H,3H2,1-2H3. The van der Waals surface area contributed by atoms with Crippen LogP contribution in [0.3, 0.4) is 0 Å². The van der Waals surface area contributed by atoms with Gasteiger partial charge >= 0.3 is 5.97 Å². The van der Waals surface area contributed by atoms with Gasteiger partial charge in [0.05, 0.1) is 23.5 Å². The zero-order valence-electron chi connectivity index (χ0n) is 11.9. The molecule has 0 bridgehead atoms. The van der Waals surface area contributed by atoms with Crippen molar-refractivity contribution in [1.29, 1.82) is 0 Å². The molecule has 2 aromatic carbocycles. The van der Waals surface area contributed by atoms with Crippen LogP contribution in [0.4, 0.5) is 11.4 Å². The Morgan fingerprint density at radius 2 is 1.52 bits per heavy atom. The van der Waals surface area contributed by atoms with Crippen molar-refractivity contribution in [3.8, 4) is 0 Å². The van der Waals surface area contributed by atoms with Crippen LogP contribution >= 0.6 is 11.8 Å². The Balaban J connectivity index is 2.05. The fourth-order valence-electron chi connectivity index (χ4n) is 1.64. The summed E-state index contributed by atoms with van der Waals surface area (Å²) in [5, 5.41) is 8.31. The highest BCUT2D eigenvalue weighted by molar-refractivity contribution is 7.98. The van der Waals surface area contributed by atoms with E-state index in [9.17, 15) is 4.79 Å². The van der Waals surface area contributed by atoms with Crippen molar-refractivity contribution in [1.82, 2.24) is 0 Å². The Kier molecular flexibility index (Phi) is 5.51. The largest absolute Gasteiger partial charge is 0.462 e. The number of esters is 1. The van der Waals surface area contributed by atoms with Gasteiger partial charge in [0.2, 0.25) is 0 Å². The van der Waals surface area contributed by atoms with Crippen LogP contribution in [0.1, 0.15) is 17.3 Å². The molecule has 0 aliphatic carbocycles. The van der Waals surface area contributed by atoms with Crippen LogP contribution in [-0.2, 0) is 4.74 Å². The number of nitrogens with zero attached hydrogens (tertiary/aromatic N) is 2. The first-order valence-corrected chi connectivity index (χ1v) is 7.78. The maximum absolute atomic E-state index is 11.5. The summed E-state index contributed by atoms with van der Waals surface area (Å²) in [6.07, 6.45) is 2.03. The summed E-state index contributed by atoms with van der Waals surface area (Å²) >= 11 is 1.68. The number of thioether (sulfide) groups is 1. The van der Waals surface area contributed by atoms with E-state index in [-0.39, 0.29) is 5.97 Å². The van der Waals surface area contributed by atoms with Crippen molar-refractivity contribution < 1.29 is 9.53 Å². The minimum atomic E-state index is -0.325. The lowest BCUT2D eigenvalue weighted by molar-refractivity contribution is 0.0526. The zero-order chi connectivity index (χ0) is 15.1. The summed E-state index contributed by atoms with van der Waals surface area (Å²) in [7, 11) is 0. The summed E-state index contributed by atoms with van der Waals surface area (Å²) in [5.41, 5.74) is 2.00. The van der Waals surface area contributed by atoms with Crippen LogP contribution in [0.15, 0.2) is 63.7 Å². The number of rotatable bonds is 5. The number of hydrogen-bond acceptors (Lipinski definition) is 5. The number of azo groups is 1. The van der Waals surface area contributed by atoms with E-state index in [0.29, 0.717) is 17.9 Å². The smallest absolute Gasteiger partial charge is 0.338 e. The third kappa shape index (κ3) is 4.43. The van der Waals surface area contributed by atoms with Gasteiger partial charge in [-0.05, 0) is 61.7 Å². The van der Waals surface area contributed by atoms with E-state index in [1.54, 1.807) is 43.0 Å². The Bertz CT molecular complexity index is 622. The molecule has 0 atom stereocenters. The molecule has 0 spiro atoms. The predicted molar refractivity (Wildman–Crippen MR) is 84.8 cm³/mol. The predicted octanol–water partition coefficient (Wildman–Crippen LogP) is 5.00. The van der Waals surface area contributed by atoms with Crippen LogP contribution in [0.2, 0.25) is 0 Å². The second-order valence-electron chi connectivity index (χ2n) is 4.17. The van der Waals surface area contributed by atoms with Gasteiger partial charge in [-0.1, -0.05) is 0 Å². The zero-order valence-corrected chi connectivity index (χ0v) is 12.8. The van der Waals surface area contributed by atoms with Gasteiger partial charge in [0.25, 0.3) is 0 Å². The molecular weight excluding hydrogens is 284 g/mol. The van der Waals surface area contributed by atoms with Gasteiger partial charge in [0.1, 0.15) is 0 Å². The van der Waals surface area contributed by atoms with Gasteiger partial charge in [-0.3, -0.25) is 0 Å². The second kappa shape index (κ2) is 7.59. The lowest BCUT2D eigenvalue weighted by atomic mass is 10.2. The van der Waals surface area contributed by atoms with Crippen molar-refractivity contribution in [3.05, 3.63) is 54.1 Å². The summed E-state index contributed by atoms with van der Waals surface area (Å²) in [5.74, 6) is -0.325. The lowest BCUT2D eigenvalue weighted by Gasteiger charge is -2.01. The molecule has 108 valence electrons. The number of benzene rings is 2. The van der Waals surface area contributed by atoms with Gasteiger partial charge < -0.3 is 4.74 Å². The van der Waals surface area contributed by atoms with Crippen molar-refractivity contribution in [2.24, 2.45) is 10.2 Å². The number of carbonyl (C=O) groups excluding carboxylic acids is 1. The van der Waals surface area contributed by atoms with E-state index in [0.717, 1.165) is 5.69 Å². The number of hydrogen-bond donors (Lipinski definition) is 0. The van der Waals surface area contributed by atoms with Crippen LogP contribution in [0.25, 0.3) is 0 Å². The fraction of sp³-hybridized carbons (Fsp3) is 0.188. The minimum absolute atomic E-state index is 0.325. The molecule has 0 aliphatic heterocycles. The molecule has 0 unspecified atom stereocenters. The first-order chi connectivity index (χ1) is 10.2. The van der Waals surface area contributed by atoms with Gasteiger partial charge in [-0.25, -0.2) is 4.79 Å². The summed E-state index contributed by atoms with van der Waals surface area (Å²) in [6, 6.07) is 14.7. The molecule has 0 aromatic heterocycles. The minimum Gasteiger partial charge on any atom is -0.462 e. The molecule has 0 fully saturated rings. The molecule has 0 saturated heterocycles. The molecule has 0 aliphatic rings. The first kappa shape index (κ1) is 15.3. The average Bonchev–Trinajstić information content (AvgIpc) is 2.54. The maximum atomic E-state index is 11.5. The molecular formula is C16H16N2O2S. The molecule has 0 N–H and O–H groups in total. The monoisotopic (exact) mass is 300 g/mol. The van der Waals surface area contributed by atoms with E-state index in [1.807, 2.05) is 30.5 Å². The van der Waals surface area contributed by atoms with Crippen molar-refractivity contribution in [2.75, 3.05) is 12.9 Å². The molecule has 0 amide bonds. The van der Waals surface area contributed by atoms with E-state index in [2.05, 4.69) is 10.2 Å². The van der Waals surface area contributed by atoms with Crippen LogP contribution in [0.5, 0.6) is 0 Å². The highest BCUT2D eigenvalue weighted by Gasteiger charge is 2.05. The molecule has 0 saturated carbocycles. The van der Waals surface area contributed by atoms with Crippen molar-refractivity contribution in [3.63, 3.8) is 0 Å². The normalized spacial score (nSPS) is 10.8. The lowest BCUT2D eigenvalue weighted by Crippen LogP contribution is -2.03. The first-order valence-electron chi connectivity index (χ1n) is 6.56. The highest BCUT2D eigenvalue weighted by atomic mass is 32.2. The van der Waals surface area contributed by atoms with Gasteiger partial charge in [0.15, 0.2) is 0 Å². The van der Waals surface area contributed by atoms with E-state index >= 15 is 0 Å². The van der Waals surface area contributed by atoms with E-state index in [4.69, 9.17) is 4.74 Å². The summed E-state index contributed by atoms with van der Waals surface area (Å²) in [6.45, 7) is 2.15. The second-order valence-corrected chi connectivity index (χ2v) is 5.05. The summed E-state index contributed by atoms with van der Waals surface area (Å²) in [4.78, 5) is 12.7. The van der Waals surface area contributed by atoms with Crippen molar-refractivity contribution in [2.45, 2.75) is 11.8 Å². The molecule has 5 heteroatoms. The van der Waals surface area contributed by atoms with Crippen LogP contribution < -0.4 is 0 Å². The van der Waals surface area contributed by atoms with E-state index < -0.39 is 0 Å². The Labute approximate surface area is 128 Å². The van der Waals surface area contributed by atoms with Crippen molar-refractivity contribution >= 4 is 29.1 Å². The van der Waals surface area contributed by atoms with Gasteiger partial charge in [-0.15, -0.1) is 11.8 Å². The van der Waals surface area contributed by atoms with Gasteiger partial charge in [0, 0.05) is 4.90 Å². The Hall–Kier alpha value is -2.14. The SMILES string of the molecule is CCOC(=O)c1ccc(N=Nc2ccc(SC)cc2)cc1. The topological polar surface area (TPSA) is 51.0 Å². The van der Waals surface area contributed by atoms with E-state index in [1.165, 1.54) is 4.90 Å². The average molecular weight is 300 g/mol. The molecule has 0 radical (unpaired) electrons. The van der Waals surface area contributed by atoms with Crippen LogP contribution in [0, 0.1) is 0 Å². The third-order valence-corrected chi connectivity index (χ3v) is 3.48. The molecule has 0 heterocycles. The quantitative estimate of drug-likeness (QED) is 0.443. The fourth-order valence-corrected chi connectivity index (χ4v) is 2.05. The highest BCUT2D eigenvalue weighted by Crippen LogP contribution is 2.22. The third-order valence-electron chi connectivity index (χ3n) is 2.73. The van der Waals surface area contributed by atoms with Gasteiger partial charge in [-0.2, -0.15) is 10.2 Å². The number of carbonyl (C=O) groups is 1. The summed E-state index contributed by atoms with van der Waals surface area (Å²) < 4.78 is 4.92. The molecule has 2 rings (SSSR count). The Morgan fingerprint density at radius 1 is 1.00 bits per heavy atom. The molecule has 2 aromatic rings. The van der Waals surface area contributed by atoms with Crippen LogP contribution in [-0.4, -0.2) is 18.8 Å². The molecule has 4 nitrogen and oxygen atoms in total. The number of ether oxygens (including phenoxy) is 1.